The van der Waals surface area contributed by atoms with Crippen LogP contribution in [0.5, 0.6) is 0 Å². The average molecular weight is 544 g/mol. The lowest BCUT2D eigenvalue weighted by atomic mass is 10.1. The van der Waals surface area contributed by atoms with Crippen LogP contribution in [0.1, 0.15) is 50.2 Å². The highest BCUT2D eigenvalue weighted by Crippen LogP contribution is 2.18. The standard InChI is InChI=1S/C23H36N4O3.HI/c1-2-24-23(25-12-7-14-29-18-21-10-6-15-30-21)26-16-19-8-3-4-9-20(19)17-27-13-5-11-22(27)28;/h3-4,8-9,21H,2,5-7,10-18H2,1H3,(H2,24,25,26);1H. The van der Waals surface area contributed by atoms with Gasteiger partial charge in [-0.15, -0.1) is 24.0 Å². The number of nitrogens with one attached hydrogen (secondary N) is 2. The quantitative estimate of drug-likeness (QED) is 0.194. The van der Waals surface area contributed by atoms with E-state index in [-0.39, 0.29) is 36.0 Å². The van der Waals surface area contributed by atoms with E-state index in [4.69, 9.17) is 14.5 Å². The summed E-state index contributed by atoms with van der Waals surface area (Å²) in [6, 6.07) is 8.26. The molecule has 3 rings (SSSR count). The molecule has 2 saturated heterocycles. The minimum absolute atomic E-state index is 0. The molecule has 0 saturated carbocycles. The van der Waals surface area contributed by atoms with Gasteiger partial charge in [-0.2, -0.15) is 0 Å². The van der Waals surface area contributed by atoms with Crippen molar-refractivity contribution in [2.45, 2.75) is 58.2 Å². The summed E-state index contributed by atoms with van der Waals surface area (Å²) in [6.45, 7) is 8.09. The van der Waals surface area contributed by atoms with Crippen LogP contribution in [0, 0.1) is 0 Å². The van der Waals surface area contributed by atoms with Crippen LogP contribution in [-0.4, -0.2) is 62.3 Å². The summed E-state index contributed by atoms with van der Waals surface area (Å²) < 4.78 is 11.3. The van der Waals surface area contributed by atoms with Crippen molar-refractivity contribution in [1.82, 2.24) is 15.5 Å². The highest BCUT2D eigenvalue weighted by atomic mass is 127. The number of carbonyl (C=O) groups excluding carboxylic acids is 1. The molecule has 1 aromatic rings. The number of halogens is 1. The molecule has 1 unspecified atom stereocenters. The number of aliphatic imine (C=N–C) groups is 1. The third-order valence-corrected chi connectivity index (χ3v) is 5.49. The number of guanidine groups is 1. The summed E-state index contributed by atoms with van der Waals surface area (Å²) in [4.78, 5) is 18.7. The van der Waals surface area contributed by atoms with E-state index in [9.17, 15) is 4.79 Å². The molecular formula is C23H37IN4O3. The second-order valence-electron chi connectivity index (χ2n) is 7.87. The Hall–Kier alpha value is -1.39. The van der Waals surface area contributed by atoms with Crippen molar-refractivity contribution >= 4 is 35.8 Å². The van der Waals surface area contributed by atoms with Gasteiger partial charge in [0.2, 0.25) is 5.91 Å². The van der Waals surface area contributed by atoms with Crippen molar-refractivity contribution in [1.29, 1.82) is 0 Å². The smallest absolute Gasteiger partial charge is 0.222 e. The van der Waals surface area contributed by atoms with Crippen molar-refractivity contribution < 1.29 is 14.3 Å². The second-order valence-corrected chi connectivity index (χ2v) is 7.87. The average Bonchev–Trinajstić information content (AvgIpc) is 3.41. The van der Waals surface area contributed by atoms with E-state index in [0.29, 0.717) is 26.1 Å². The van der Waals surface area contributed by atoms with Crippen molar-refractivity contribution in [3.8, 4) is 0 Å². The molecule has 0 radical (unpaired) electrons. The maximum atomic E-state index is 12.0. The van der Waals surface area contributed by atoms with Gasteiger partial charge in [0.05, 0.1) is 19.3 Å². The number of likely N-dealkylation sites (tertiary alicyclic amines) is 1. The Labute approximate surface area is 203 Å². The molecule has 0 bridgehead atoms. The highest BCUT2D eigenvalue weighted by Gasteiger charge is 2.20. The summed E-state index contributed by atoms with van der Waals surface area (Å²) in [5.74, 6) is 1.06. The number of nitrogens with zero attached hydrogens (tertiary/aromatic N) is 2. The van der Waals surface area contributed by atoms with Crippen LogP contribution < -0.4 is 10.6 Å². The van der Waals surface area contributed by atoms with E-state index in [1.165, 1.54) is 5.56 Å². The molecule has 8 heteroatoms. The Morgan fingerprint density at radius 1 is 1.26 bits per heavy atom. The molecule has 2 fully saturated rings. The Morgan fingerprint density at radius 2 is 2.10 bits per heavy atom. The summed E-state index contributed by atoms with van der Waals surface area (Å²) in [7, 11) is 0. The predicted molar refractivity (Wildman–Crippen MR) is 134 cm³/mol. The topological polar surface area (TPSA) is 75.2 Å². The Bertz CT molecular complexity index is 695. The summed E-state index contributed by atoms with van der Waals surface area (Å²) in [5, 5.41) is 6.68. The number of hydrogen-bond donors (Lipinski definition) is 2. The highest BCUT2D eigenvalue weighted by molar-refractivity contribution is 14.0. The normalized spacial score (nSPS) is 18.9. The molecule has 1 atom stereocenters. The molecule has 7 nitrogen and oxygen atoms in total. The van der Waals surface area contributed by atoms with Gasteiger partial charge in [-0.25, -0.2) is 4.99 Å². The zero-order valence-corrected chi connectivity index (χ0v) is 20.9. The molecule has 1 amide bonds. The largest absolute Gasteiger partial charge is 0.379 e. The van der Waals surface area contributed by atoms with E-state index in [0.717, 1.165) is 70.1 Å². The van der Waals surface area contributed by atoms with Crippen molar-refractivity contribution in [2.24, 2.45) is 4.99 Å². The third kappa shape index (κ3) is 8.94. The number of hydrogen-bond acceptors (Lipinski definition) is 4. The summed E-state index contributed by atoms with van der Waals surface area (Å²) in [6.07, 6.45) is 5.10. The first-order valence-corrected chi connectivity index (χ1v) is 11.3. The molecule has 0 aliphatic carbocycles. The van der Waals surface area contributed by atoms with E-state index < -0.39 is 0 Å². The number of carbonyl (C=O) groups is 1. The van der Waals surface area contributed by atoms with Crippen molar-refractivity contribution in [2.75, 3.05) is 39.5 Å². The zero-order chi connectivity index (χ0) is 21.0. The lowest BCUT2D eigenvalue weighted by molar-refractivity contribution is -0.128. The summed E-state index contributed by atoms with van der Waals surface area (Å²) >= 11 is 0. The molecule has 31 heavy (non-hydrogen) atoms. The maximum Gasteiger partial charge on any atom is 0.222 e. The van der Waals surface area contributed by atoms with Gasteiger partial charge in [0, 0.05) is 45.8 Å². The molecule has 1 aromatic carbocycles. The molecule has 0 aromatic heterocycles. The third-order valence-electron chi connectivity index (χ3n) is 5.49. The van der Waals surface area contributed by atoms with Gasteiger partial charge in [0.15, 0.2) is 5.96 Å². The second kappa shape index (κ2) is 14.6. The fourth-order valence-electron chi connectivity index (χ4n) is 3.82. The van der Waals surface area contributed by atoms with Gasteiger partial charge < -0.3 is 25.0 Å². The minimum Gasteiger partial charge on any atom is -0.379 e. The van der Waals surface area contributed by atoms with Crippen LogP contribution in [0.3, 0.4) is 0 Å². The molecule has 2 N–H and O–H groups in total. The number of amides is 1. The molecule has 174 valence electrons. The summed E-state index contributed by atoms with van der Waals surface area (Å²) in [5.41, 5.74) is 2.34. The van der Waals surface area contributed by atoms with Crippen LogP contribution >= 0.6 is 24.0 Å². The van der Waals surface area contributed by atoms with Crippen LogP contribution in [-0.2, 0) is 27.4 Å². The number of ether oxygens (including phenoxy) is 2. The van der Waals surface area contributed by atoms with Crippen LogP contribution in [0.4, 0.5) is 0 Å². The Kier molecular flexibility index (Phi) is 12.2. The first kappa shape index (κ1) is 25.9. The van der Waals surface area contributed by atoms with Gasteiger partial charge in [0.25, 0.3) is 0 Å². The van der Waals surface area contributed by atoms with E-state index in [1.807, 2.05) is 17.0 Å². The van der Waals surface area contributed by atoms with Crippen LogP contribution in [0.2, 0.25) is 0 Å². The Morgan fingerprint density at radius 3 is 2.81 bits per heavy atom. The number of rotatable bonds is 11. The van der Waals surface area contributed by atoms with Gasteiger partial charge in [0.1, 0.15) is 0 Å². The van der Waals surface area contributed by atoms with E-state index >= 15 is 0 Å². The van der Waals surface area contributed by atoms with Gasteiger partial charge in [-0.3, -0.25) is 4.79 Å². The van der Waals surface area contributed by atoms with Crippen molar-refractivity contribution in [3.05, 3.63) is 35.4 Å². The molecular weight excluding hydrogens is 507 g/mol. The first-order valence-electron chi connectivity index (χ1n) is 11.3. The monoisotopic (exact) mass is 544 g/mol. The molecule has 2 aliphatic rings. The van der Waals surface area contributed by atoms with E-state index in [1.54, 1.807) is 0 Å². The van der Waals surface area contributed by atoms with Gasteiger partial charge in [-0.05, 0) is 43.7 Å². The van der Waals surface area contributed by atoms with Gasteiger partial charge in [-0.1, -0.05) is 24.3 Å². The van der Waals surface area contributed by atoms with Gasteiger partial charge >= 0.3 is 0 Å². The van der Waals surface area contributed by atoms with Crippen LogP contribution in [0.15, 0.2) is 29.3 Å². The zero-order valence-electron chi connectivity index (χ0n) is 18.6. The van der Waals surface area contributed by atoms with E-state index in [2.05, 4.69) is 29.7 Å². The van der Waals surface area contributed by atoms with Crippen LogP contribution in [0.25, 0.3) is 0 Å². The molecule has 0 spiro atoms. The minimum atomic E-state index is 0. The lowest BCUT2D eigenvalue weighted by Crippen LogP contribution is -2.38. The molecule has 2 heterocycles. The fourth-order valence-corrected chi connectivity index (χ4v) is 3.82. The first-order chi connectivity index (χ1) is 14.8. The Balaban J connectivity index is 0.00000341. The predicted octanol–water partition coefficient (Wildman–Crippen LogP) is 3.07. The van der Waals surface area contributed by atoms with Crippen molar-refractivity contribution in [3.63, 3.8) is 0 Å². The maximum absolute atomic E-state index is 12.0. The number of benzene rings is 1. The molecule has 2 aliphatic heterocycles. The lowest BCUT2D eigenvalue weighted by Gasteiger charge is -2.18. The SMILES string of the molecule is CCNC(=NCc1ccccc1CN1CCCC1=O)NCCCOCC1CCCO1.I. The fraction of sp³-hybridized carbons (Fsp3) is 0.652.